The van der Waals surface area contributed by atoms with Crippen molar-refractivity contribution in [2.75, 3.05) is 6.54 Å². The van der Waals surface area contributed by atoms with Gasteiger partial charge in [0.25, 0.3) is 5.82 Å². The van der Waals surface area contributed by atoms with E-state index in [9.17, 15) is 13.2 Å². The van der Waals surface area contributed by atoms with Gasteiger partial charge in [0.15, 0.2) is 0 Å². The molecule has 13 heavy (non-hydrogen) atoms. The number of hydrogen-bond acceptors (Lipinski definition) is 4. The molecule has 0 unspecified atom stereocenters. The third-order valence-electron chi connectivity index (χ3n) is 1.25. The maximum absolute atomic E-state index is 11.9. The molecule has 0 fully saturated rings. The van der Waals surface area contributed by atoms with Crippen LogP contribution in [0.3, 0.4) is 0 Å². The van der Waals surface area contributed by atoms with Crippen LogP contribution in [0.25, 0.3) is 0 Å². The number of nitrogens with zero attached hydrogens (tertiary/aromatic N) is 2. The minimum absolute atomic E-state index is 0.0609. The van der Waals surface area contributed by atoms with E-state index in [4.69, 9.17) is 0 Å². The molecule has 0 aliphatic heterocycles. The van der Waals surface area contributed by atoms with E-state index in [1.807, 2.05) is 6.92 Å². The molecule has 0 aliphatic rings. The number of alkyl halides is 3. The zero-order chi connectivity index (χ0) is 9.90. The maximum atomic E-state index is 11.9. The molecule has 0 atom stereocenters. The Hall–Kier alpha value is -1.11. The summed E-state index contributed by atoms with van der Waals surface area (Å²) >= 11 is 0. The lowest BCUT2D eigenvalue weighted by molar-refractivity contribution is -0.146. The second-order valence-electron chi connectivity index (χ2n) is 2.29. The molecule has 0 saturated heterocycles. The first kappa shape index (κ1) is 9.97. The molecule has 1 rings (SSSR count). The quantitative estimate of drug-likeness (QED) is 0.787. The first-order valence-electron chi connectivity index (χ1n) is 3.64. The average molecular weight is 195 g/mol. The lowest BCUT2D eigenvalue weighted by Gasteiger charge is -1.96. The highest BCUT2D eigenvalue weighted by Crippen LogP contribution is 2.25. The molecule has 0 aliphatic carbocycles. The second kappa shape index (κ2) is 3.73. The Morgan fingerprint density at radius 3 is 2.62 bits per heavy atom. The van der Waals surface area contributed by atoms with Crippen LogP contribution in [0.5, 0.6) is 0 Å². The molecule has 0 aromatic carbocycles. The van der Waals surface area contributed by atoms with Crippen LogP contribution in [-0.4, -0.2) is 16.7 Å². The number of halogens is 3. The molecule has 0 spiro atoms. The normalized spacial score (nSPS) is 12.0. The Kier molecular flexibility index (Phi) is 2.86. The van der Waals surface area contributed by atoms with Crippen LogP contribution in [-0.2, 0) is 12.7 Å². The highest BCUT2D eigenvalue weighted by molar-refractivity contribution is 4.90. The lowest BCUT2D eigenvalue weighted by atomic mass is 10.5. The predicted octanol–water partition coefficient (Wildman–Crippen LogP) is 1.20. The lowest BCUT2D eigenvalue weighted by Crippen LogP contribution is -2.12. The molecule has 0 bridgehead atoms. The van der Waals surface area contributed by atoms with Gasteiger partial charge in [-0.2, -0.15) is 18.2 Å². The molecule has 74 valence electrons. The molecular weight excluding hydrogens is 187 g/mol. The molecule has 1 aromatic heterocycles. The molecule has 4 nitrogen and oxygen atoms in total. The first-order valence-corrected chi connectivity index (χ1v) is 3.64. The largest absolute Gasteiger partial charge is 0.455 e. The Bertz CT molecular complexity index is 270. The fraction of sp³-hybridized carbons (Fsp3) is 0.667. The first-order chi connectivity index (χ1) is 6.04. The molecule has 0 radical (unpaired) electrons. The van der Waals surface area contributed by atoms with Crippen LogP contribution >= 0.6 is 0 Å². The Morgan fingerprint density at radius 2 is 2.15 bits per heavy atom. The Morgan fingerprint density at radius 1 is 1.46 bits per heavy atom. The Labute approximate surface area is 72.1 Å². The highest BCUT2D eigenvalue weighted by atomic mass is 19.4. The van der Waals surface area contributed by atoms with E-state index < -0.39 is 12.0 Å². The van der Waals surface area contributed by atoms with Crippen LogP contribution < -0.4 is 5.32 Å². The molecule has 0 amide bonds. The number of rotatable bonds is 3. The summed E-state index contributed by atoms with van der Waals surface area (Å²) in [7, 11) is 0. The summed E-state index contributed by atoms with van der Waals surface area (Å²) in [5, 5.41) is 5.55. The Balaban J connectivity index is 2.64. The number of aromatic nitrogens is 2. The van der Waals surface area contributed by atoms with Gasteiger partial charge in [-0.3, -0.25) is 0 Å². The fourth-order valence-corrected chi connectivity index (χ4v) is 0.674. The van der Waals surface area contributed by atoms with E-state index in [2.05, 4.69) is 20.0 Å². The zero-order valence-corrected chi connectivity index (χ0v) is 6.85. The summed E-state index contributed by atoms with van der Waals surface area (Å²) in [6.45, 7) is 2.60. The van der Waals surface area contributed by atoms with Crippen molar-refractivity contribution >= 4 is 0 Å². The SMILES string of the molecule is CCNCc1nc(C(F)(F)F)no1. The van der Waals surface area contributed by atoms with Crippen molar-refractivity contribution in [3.05, 3.63) is 11.7 Å². The van der Waals surface area contributed by atoms with E-state index in [1.165, 1.54) is 0 Å². The maximum Gasteiger partial charge on any atom is 0.455 e. The average Bonchev–Trinajstić information content (AvgIpc) is 2.47. The van der Waals surface area contributed by atoms with Gasteiger partial charge in [0.05, 0.1) is 6.54 Å². The van der Waals surface area contributed by atoms with Gasteiger partial charge in [-0.15, -0.1) is 0 Å². The smallest absolute Gasteiger partial charge is 0.338 e. The highest BCUT2D eigenvalue weighted by Gasteiger charge is 2.37. The van der Waals surface area contributed by atoms with Gasteiger partial charge in [0.2, 0.25) is 5.89 Å². The summed E-state index contributed by atoms with van der Waals surface area (Å²) in [5.74, 6) is -1.30. The summed E-state index contributed by atoms with van der Waals surface area (Å²) in [4.78, 5) is 3.15. The summed E-state index contributed by atoms with van der Waals surface area (Å²) in [5.41, 5.74) is 0. The summed E-state index contributed by atoms with van der Waals surface area (Å²) in [6.07, 6.45) is -4.53. The monoisotopic (exact) mass is 195 g/mol. The van der Waals surface area contributed by atoms with Crippen LogP contribution in [0, 0.1) is 0 Å². The van der Waals surface area contributed by atoms with E-state index in [0.29, 0.717) is 6.54 Å². The third kappa shape index (κ3) is 2.69. The van der Waals surface area contributed by atoms with Crippen molar-refractivity contribution in [1.29, 1.82) is 0 Å². The van der Waals surface area contributed by atoms with Crippen molar-refractivity contribution in [1.82, 2.24) is 15.5 Å². The van der Waals surface area contributed by atoms with Gasteiger partial charge in [-0.25, -0.2) is 0 Å². The molecular formula is C6H8F3N3O. The minimum atomic E-state index is -4.53. The molecule has 1 N–H and O–H groups in total. The van der Waals surface area contributed by atoms with E-state index in [0.717, 1.165) is 0 Å². The van der Waals surface area contributed by atoms with Crippen molar-refractivity contribution in [3.63, 3.8) is 0 Å². The van der Waals surface area contributed by atoms with Gasteiger partial charge in [-0.05, 0) is 6.54 Å². The second-order valence-corrected chi connectivity index (χ2v) is 2.29. The van der Waals surface area contributed by atoms with E-state index in [-0.39, 0.29) is 12.4 Å². The summed E-state index contributed by atoms with van der Waals surface area (Å²) in [6, 6.07) is 0. The predicted molar refractivity (Wildman–Crippen MR) is 36.7 cm³/mol. The van der Waals surface area contributed by atoms with Gasteiger partial charge >= 0.3 is 6.18 Å². The summed E-state index contributed by atoms with van der Waals surface area (Å²) < 4.78 is 40.1. The standard InChI is InChI=1S/C6H8F3N3O/c1-2-10-3-4-11-5(12-13-4)6(7,8)9/h10H,2-3H2,1H3. The topological polar surface area (TPSA) is 51.0 Å². The van der Waals surface area contributed by atoms with E-state index >= 15 is 0 Å². The van der Waals surface area contributed by atoms with Gasteiger partial charge in [0, 0.05) is 0 Å². The minimum Gasteiger partial charge on any atom is -0.338 e. The van der Waals surface area contributed by atoms with Crippen molar-refractivity contribution in [2.45, 2.75) is 19.6 Å². The van der Waals surface area contributed by atoms with E-state index in [1.54, 1.807) is 0 Å². The number of hydrogen-bond donors (Lipinski definition) is 1. The van der Waals surface area contributed by atoms with Crippen LogP contribution in [0.2, 0.25) is 0 Å². The van der Waals surface area contributed by atoms with Crippen LogP contribution in [0.4, 0.5) is 13.2 Å². The molecule has 0 saturated carbocycles. The van der Waals surface area contributed by atoms with Gasteiger partial charge < -0.3 is 9.84 Å². The van der Waals surface area contributed by atoms with Gasteiger partial charge in [-0.1, -0.05) is 12.1 Å². The molecule has 7 heteroatoms. The van der Waals surface area contributed by atoms with Crippen LogP contribution in [0.1, 0.15) is 18.6 Å². The third-order valence-corrected chi connectivity index (χ3v) is 1.25. The molecule has 1 heterocycles. The fourth-order valence-electron chi connectivity index (χ4n) is 0.674. The van der Waals surface area contributed by atoms with Crippen molar-refractivity contribution < 1.29 is 17.7 Å². The zero-order valence-electron chi connectivity index (χ0n) is 6.85. The molecule has 1 aromatic rings. The van der Waals surface area contributed by atoms with Crippen molar-refractivity contribution in [3.8, 4) is 0 Å². The van der Waals surface area contributed by atoms with Crippen LogP contribution in [0.15, 0.2) is 4.52 Å². The number of nitrogens with one attached hydrogen (secondary N) is 1. The van der Waals surface area contributed by atoms with Crippen molar-refractivity contribution in [2.24, 2.45) is 0 Å². The van der Waals surface area contributed by atoms with Gasteiger partial charge in [0.1, 0.15) is 0 Å².